The summed E-state index contributed by atoms with van der Waals surface area (Å²) in [6.45, 7) is 3.45. The number of morpholine rings is 1. The summed E-state index contributed by atoms with van der Waals surface area (Å²) in [4.78, 5) is 6.64. The molecule has 1 aromatic carbocycles. The molecule has 0 aliphatic carbocycles. The van der Waals surface area contributed by atoms with Crippen molar-refractivity contribution >= 4 is 28.2 Å². The number of fused-ring (bicyclic) bond motifs is 1. The first-order valence-corrected chi connectivity index (χ1v) is 7.10. The zero-order valence-electron chi connectivity index (χ0n) is 11.3. The molecule has 2 unspecified atom stereocenters. The standard InChI is InChI=1S/C15H17ClN2O2/c1-10-9-20-12(8-19)7-18(10)15-4-5-17-14-6-11(16)2-3-13(14)15/h2-6,10,12,19H,7-9H2,1H3. The minimum absolute atomic E-state index is 0.0397. The Morgan fingerprint density at radius 1 is 1.45 bits per heavy atom. The van der Waals surface area contributed by atoms with E-state index in [-0.39, 0.29) is 18.8 Å². The van der Waals surface area contributed by atoms with Crippen molar-refractivity contribution in [3.8, 4) is 0 Å². The van der Waals surface area contributed by atoms with Crippen LogP contribution in [0.5, 0.6) is 0 Å². The van der Waals surface area contributed by atoms with Gasteiger partial charge in [0.05, 0.1) is 24.8 Å². The largest absolute Gasteiger partial charge is 0.394 e. The SMILES string of the molecule is CC1COC(CO)CN1c1ccnc2cc(Cl)ccc12. The number of anilines is 1. The number of benzene rings is 1. The highest BCUT2D eigenvalue weighted by Crippen LogP contribution is 2.30. The van der Waals surface area contributed by atoms with Gasteiger partial charge in [-0.1, -0.05) is 11.6 Å². The number of aliphatic hydroxyl groups excluding tert-OH is 1. The van der Waals surface area contributed by atoms with E-state index in [1.807, 2.05) is 24.3 Å². The molecule has 1 N–H and O–H groups in total. The van der Waals surface area contributed by atoms with Gasteiger partial charge in [-0.25, -0.2) is 0 Å². The van der Waals surface area contributed by atoms with E-state index in [9.17, 15) is 5.11 Å². The van der Waals surface area contributed by atoms with E-state index in [1.165, 1.54) is 0 Å². The first kappa shape index (κ1) is 13.6. The second kappa shape index (κ2) is 5.56. The molecule has 0 spiro atoms. The molecule has 0 bridgehead atoms. The highest BCUT2D eigenvalue weighted by Gasteiger charge is 2.26. The Morgan fingerprint density at radius 2 is 2.30 bits per heavy atom. The van der Waals surface area contributed by atoms with Crippen molar-refractivity contribution in [1.82, 2.24) is 4.98 Å². The predicted octanol–water partition coefficient (Wildman–Crippen LogP) is 2.47. The van der Waals surface area contributed by atoms with Gasteiger partial charge in [-0.2, -0.15) is 0 Å². The third-order valence-electron chi connectivity index (χ3n) is 3.70. The molecule has 5 heteroatoms. The van der Waals surface area contributed by atoms with Crippen molar-refractivity contribution in [1.29, 1.82) is 0 Å². The summed E-state index contributed by atoms with van der Waals surface area (Å²) < 4.78 is 5.59. The molecule has 2 heterocycles. The Balaban J connectivity index is 2.04. The van der Waals surface area contributed by atoms with Gasteiger partial charge < -0.3 is 14.7 Å². The number of pyridine rings is 1. The van der Waals surface area contributed by atoms with Gasteiger partial charge in [0.25, 0.3) is 0 Å². The van der Waals surface area contributed by atoms with Crippen LogP contribution >= 0.6 is 11.6 Å². The van der Waals surface area contributed by atoms with Crippen LogP contribution in [-0.4, -0.2) is 42.0 Å². The molecule has 1 aromatic heterocycles. The minimum atomic E-state index is -0.137. The minimum Gasteiger partial charge on any atom is -0.394 e. The molecule has 1 fully saturated rings. The zero-order valence-corrected chi connectivity index (χ0v) is 12.0. The summed E-state index contributed by atoms with van der Waals surface area (Å²) in [5, 5.41) is 11.1. The summed E-state index contributed by atoms with van der Waals surface area (Å²) in [5.74, 6) is 0. The molecule has 1 aliphatic rings. The monoisotopic (exact) mass is 292 g/mol. The third kappa shape index (κ3) is 2.46. The molecule has 1 aliphatic heterocycles. The first-order chi connectivity index (χ1) is 9.69. The number of hydrogen-bond donors (Lipinski definition) is 1. The topological polar surface area (TPSA) is 45.6 Å². The van der Waals surface area contributed by atoms with Gasteiger partial charge >= 0.3 is 0 Å². The smallest absolute Gasteiger partial charge is 0.0981 e. The number of ether oxygens (including phenoxy) is 1. The second-order valence-electron chi connectivity index (χ2n) is 5.13. The van der Waals surface area contributed by atoms with E-state index in [0.717, 1.165) is 16.6 Å². The first-order valence-electron chi connectivity index (χ1n) is 6.72. The van der Waals surface area contributed by atoms with Crippen molar-refractivity contribution in [3.63, 3.8) is 0 Å². The number of rotatable bonds is 2. The molecular formula is C15H17ClN2O2. The van der Waals surface area contributed by atoms with Crippen LogP contribution in [0.25, 0.3) is 10.9 Å². The molecule has 106 valence electrons. The van der Waals surface area contributed by atoms with Crippen LogP contribution in [0, 0.1) is 0 Å². The van der Waals surface area contributed by atoms with Gasteiger partial charge in [-0.3, -0.25) is 4.98 Å². The van der Waals surface area contributed by atoms with Gasteiger partial charge in [0, 0.05) is 34.9 Å². The fraction of sp³-hybridized carbons (Fsp3) is 0.400. The van der Waals surface area contributed by atoms with E-state index in [4.69, 9.17) is 16.3 Å². The van der Waals surface area contributed by atoms with Gasteiger partial charge in [-0.05, 0) is 31.2 Å². The van der Waals surface area contributed by atoms with E-state index in [2.05, 4.69) is 16.8 Å². The Kier molecular flexibility index (Phi) is 3.78. The van der Waals surface area contributed by atoms with Crippen molar-refractivity contribution in [3.05, 3.63) is 35.5 Å². The van der Waals surface area contributed by atoms with E-state index in [0.29, 0.717) is 18.2 Å². The van der Waals surface area contributed by atoms with Crippen LogP contribution in [0.3, 0.4) is 0 Å². The summed E-state index contributed by atoms with van der Waals surface area (Å²) in [6, 6.07) is 8.01. The second-order valence-corrected chi connectivity index (χ2v) is 5.57. The molecule has 2 atom stereocenters. The Morgan fingerprint density at radius 3 is 3.10 bits per heavy atom. The summed E-state index contributed by atoms with van der Waals surface area (Å²) >= 11 is 6.02. The normalized spacial score (nSPS) is 23.2. The van der Waals surface area contributed by atoms with Gasteiger partial charge in [0.15, 0.2) is 0 Å². The van der Waals surface area contributed by atoms with Gasteiger partial charge in [0.1, 0.15) is 0 Å². The van der Waals surface area contributed by atoms with Crippen molar-refractivity contribution < 1.29 is 9.84 Å². The number of aromatic nitrogens is 1. The number of hydrogen-bond acceptors (Lipinski definition) is 4. The average molecular weight is 293 g/mol. The van der Waals surface area contributed by atoms with Crippen LogP contribution in [-0.2, 0) is 4.74 Å². The van der Waals surface area contributed by atoms with Crippen LogP contribution in [0.15, 0.2) is 30.5 Å². The number of nitrogens with zero attached hydrogens (tertiary/aromatic N) is 2. The molecule has 20 heavy (non-hydrogen) atoms. The molecule has 1 saturated heterocycles. The van der Waals surface area contributed by atoms with Crippen LogP contribution in [0.4, 0.5) is 5.69 Å². The maximum atomic E-state index is 9.31. The summed E-state index contributed by atoms with van der Waals surface area (Å²) in [6.07, 6.45) is 1.66. The van der Waals surface area contributed by atoms with E-state index in [1.54, 1.807) is 6.20 Å². The van der Waals surface area contributed by atoms with Crippen molar-refractivity contribution in [2.24, 2.45) is 0 Å². The van der Waals surface area contributed by atoms with E-state index >= 15 is 0 Å². The van der Waals surface area contributed by atoms with E-state index < -0.39 is 0 Å². The van der Waals surface area contributed by atoms with Gasteiger partial charge in [-0.15, -0.1) is 0 Å². The molecule has 0 radical (unpaired) electrons. The molecule has 4 nitrogen and oxygen atoms in total. The predicted molar refractivity (Wildman–Crippen MR) is 80.4 cm³/mol. The lowest BCUT2D eigenvalue weighted by Gasteiger charge is -2.39. The van der Waals surface area contributed by atoms with Crippen LogP contribution in [0.2, 0.25) is 5.02 Å². The van der Waals surface area contributed by atoms with Crippen LogP contribution in [0.1, 0.15) is 6.92 Å². The lowest BCUT2D eigenvalue weighted by Crippen LogP contribution is -2.49. The Hall–Kier alpha value is -1.36. The highest BCUT2D eigenvalue weighted by atomic mass is 35.5. The Labute approximate surface area is 122 Å². The fourth-order valence-electron chi connectivity index (χ4n) is 2.62. The van der Waals surface area contributed by atoms with Crippen LogP contribution < -0.4 is 4.90 Å². The number of aliphatic hydroxyl groups is 1. The highest BCUT2D eigenvalue weighted by molar-refractivity contribution is 6.31. The Bertz CT molecular complexity index is 620. The summed E-state index contributed by atoms with van der Waals surface area (Å²) in [7, 11) is 0. The van der Waals surface area contributed by atoms with Crippen molar-refractivity contribution in [2.75, 3.05) is 24.7 Å². The lowest BCUT2D eigenvalue weighted by molar-refractivity contribution is -0.0102. The molecule has 0 saturated carbocycles. The quantitative estimate of drug-likeness (QED) is 0.924. The molecular weight excluding hydrogens is 276 g/mol. The van der Waals surface area contributed by atoms with Gasteiger partial charge in [0.2, 0.25) is 0 Å². The zero-order chi connectivity index (χ0) is 14.1. The average Bonchev–Trinajstić information content (AvgIpc) is 2.47. The maximum absolute atomic E-state index is 9.31. The summed E-state index contributed by atoms with van der Waals surface area (Å²) in [5.41, 5.74) is 2.00. The van der Waals surface area contributed by atoms with Crippen molar-refractivity contribution in [2.45, 2.75) is 19.1 Å². The fourth-order valence-corrected chi connectivity index (χ4v) is 2.79. The maximum Gasteiger partial charge on any atom is 0.0981 e. The molecule has 0 amide bonds. The third-order valence-corrected chi connectivity index (χ3v) is 3.94. The molecule has 3 rings (SSSR count). The lowest BCUT2D eigenvalue weighted by atomic mass is 10.1. The molecule has 2 aromatic rings. The number of halogens is 1.